The minimum atomic E-state index is -0.966. The predicted octanol–water partition coefficient (Wildman–Crippen LogP) is 4.91. The maximum absolute atomic E-state index is 11.5. The zero-order valence-corrected chi connectivity index (χ0v) is 17.1. The Bertz CT molecular complexity index is 668. The van der Waals surface area contributed by atoms with Gasteiger partial charge >= 0.3 is 5.97 Å². The zero-order chi connectivity index (χ0) is 19.8. The summed E-state index contributed by atoms with van der Waals surface area (Å²) >= 11 is 0. The first-order valence-electron chi connectivity index (χ1n) is 8.69. The molecule has 4 nitrogen and oxygen atoms in total. The molecule has 0 fully saturated rings. The molecular weight excluding hydrogens is 314 g/mol. The van der Waals surface area contributed by atoms with E-state index in [4.69, 9.17) is 0 Å². The van der Waals surface area contributed by atoms with Crippen LogP contribution in [-0.4, -0.2) is 28.4 Å². The summed E-state index contributed by atoms with van der Waals surface area (Å²) in [6.07, 6.45) is 1.50. The van der Waals surface area contributed by atoms with Crippen LogP contribution in [-0.2, 0) is 15.6 Å². The number of carboxylic acids is 1. The predicted molar refractivity (Wildman–Crippen MR) is 104 cm³/mol. The van der Waals surface area contributed by atoms with Crippen LogP contribution >= 0.6 is 0 Å². The standard InChI is InChI=1S/C21H33NO3/c1-19(2,3)14-10-13(16(23)15(11-14)20(4,5)6)12-22-17(18(24)25)21(7,8)9/h10-12,17,23H,1-9H3,(H,24,25)/t17-/m1/s1. The highest BCUT2D eigenvalue weighted by atomic mass is 16.4. The summed E-state index contributed by atoms with van der Waals surface area (Å²) in [6, 6.07) is 3.06. The van der Waals surface area contributed by atoms with Crippen molar-refractivity contribution in [1.29, 1.82) is 0 Å². The number of aliphatic imine (C=N–C) groups is 1. The third kappa shape index (κ3) is 5.32. The second-order valence-electron chi connectivity index (χ2n) is 9.85. The van der Waals surface area contributed by atoms with E-state index in [9.17, 15) is 15.0 Å². The summed E-state index contributed by atoms with van der Waals surface area (Å²) < 4.78 is 0. The van der Waals surface area contributed by atoms with Crippen molar-refractivity contribution in [2.45, 2.75) is 79.2 Å². The molecule has 0 aliphatic heterocycles. The van der Waals surface area contributed by atoms with Crippen molar-refractivity contribution in [3.8, 4) is 5.75 Å². The van der Waals surface area contributed by atoms with Crippen molar-refractivity contribution >= 4 is 12.2 Å². The Morgan fingerprint density at radius 2 is 1.52 bits per heavy atom. The number of nitrogens with zero attached hydrogens (tertiary/aromatic N) is 1. The monoisotopic (exact) mass is 347 g/mol. The second-order valence-corrected chi connectivity index (χ2v) is 9.85. The van der Waals surface area contributed by atoms with Gasteiger partial charge in [0.2, 0.25) is 0 Å². The van der Waals surface area contributed by atoms with Crippen molar-refractivity contribution in [2.24, 2.45) is 10.4 Å². The van der Waals surface area contributed by atoms with Crippen LogP contribution in [0.5, 0.6) is 5.75 Å². The van der Waals surface area contributed by atoms with Crippen molar-refractivity contribution in [3.05, 3.63) is 28.8 Å². The number of aromatic hydroxyl groups is 1. The van der Waals surface area contributed by atoms with E-state index in [-0.39, 0.29) is 16.6 Å². The molecule has 0 bridgehead atoms. The topological polar surface area (TPSA) is 69.9 Å². The molecule has 0 amide bonds. The Hall–Kier alpha value is -1.84. The molecule has 4 heteroatoms. The lowest BCUT2D eigenvalue weighted by Crippen LogP contribution is -2.32. The lowest BCUT2D eigenvalue weighted by molar-refractivity contribution is -0.140. The van der Waals surface area contributed by atoms with E-state index in [2.05, 4.69) is 25.8 Å². The molecule has 1 aromatic carbocycles. The fourth-order valence-electron chi connectivity index (χ4n) is 2.57. The van der Waals surface area contributed by atoms with Crippen LogP contribution in [0.2, 0.25) is 0 Å². The third-order valence-electron chi connectivity index (χ3n) is 4.23. The Labute approximate surface area is 152 Å². The van der Waals surface area contributed by atoms with Crippen molar-refractivity contribution in [2.75, 3.05) is 0 Å². The SMILES string of the molecule is CC(C)(C)c1cc(C=N[C@H](C(=O)O)C(C)(C)C)c(O)c(C(C)(C)C)c1. The van der Waals surface area contributed by atoms with Gasteiger partial charge in [-0.15, -0.1) is 0 Å². The third-order valence-corrected chi connectivity index (χ3v) is 4.23. The van der Waals surface area contributed by atoms with Crippen molar-refractivity contribution in [3.63, 3.8) is 0 Å². The molecule has 1 rings (SSSR count). The second kappa shape index (κ2) is 6.81. The first kappa shape index (κ1) is 21.2. The average Bonchev–Trinajstić information content (AvgIpc) is 2.35. The normalized spacial score (nSPS) is 14.8. The Morgan fingerprint density at radius 1 is 1.00 bits per heavy atom. The van der Waals surface area contributed by atoms with Crippen LogP contribution in [0.3, 0.4) is 0 Å². The highest BCUT2D eigenvalue weighted by Crippen LogP contribution is 2.37. The molecule has 0 unspecified atom stereocenters. The summed E-state index contributed by atoms with van der Waals surface area (Å²) in [5.41, 5.74) is 1.65. The maximum atomic E-state index is 11.5. The molecule has 0 saturated carbocycles. The first-order chi connectivity index (χ1) is 11.0. The van der Waals surface area contributed by atoms with Crippen LogP contribution < -0.4 is 0 Å². The summed E-state index contributed by atoms with van der Waals surface area (Å²) in [5, 5.41) is 20.2. The molecule has 0 aliphatic carbocycles. The van der Waals surface area contributed by atoms with Gasteiger partial charge in [-0.1, -0.05) is 68.4 Å². The van der Waals surface area contributed by atoms with Gasteiger partial charge in [0, 0.05) is 17.3 Å². The molecule has 0 aromatic heterocycles. The fraction of sp³-hybridized carbons (Fsp3) is 0.619. The number of hydrogen-bond donors (Lipinski definition) is 2. The quantitative estimate of drug-likeness (QED) is 0.764. The number of carboxylic acid groups (broad SMARTS) is 1. The van der Waals surface area contributed by atoms with Gasteiger partial charge in [-0.05, 0) is 27.9 Å². The number of aliphatic carboxylic acids is 1. The molecule has 0 saturated heterocycles. The molecule has 0 spiro atoms. The minimum absolute atomic E-state index is 0.0908. The van der Waals surface area contributed by atoms with E-state index in [1.165, 1.54) is 6.21 Å². The van der Waals surface area contributed by atoms with Crippen LogP contribution in [0.15, 0.2) is 17.1 Å². The molecule has 25 heavy (non-hydrogen) atoms. The average molecular weight is 347 g/mol. The molecule has 0 aliphatic rings. The van der Waals surface area contributed by atoms with Gasteiger partial charge in [0.1, 0.15) is 5.75 Å². The minimum Gasteiger partial charge on any atom is -0.507 e. The molecular formula is C21H33NO3. The fourth-order valence-corrected chi connectivity index (χ4v) is 2.57. The number of benzene rings is 1. The van der Waals surface area contributed by atoms with Crippen LogP contribution in [0.4, 0.5) is 0 Å². The smallest absolute Gasteiger partial charge is 0.328 e. The van der Waals surface area contributed by atoms with Crippen LogP contribution in [0, 0.1) is 5.41 Å². The van der Waals surface area contributed by atoms with E-state index in [1.54, 1.807) is 0 Å². The molecule has 1 aromatic rings. The van der Waals surface area contributed by atoms with Gasteiger partial charge in [0.05, 0.1) is 0 Å². The molecule has 140 valence electrons. The van der Waals surface area contributed by atoms with E-state index < -0.39 is 17.4 Å². The van der Waals surface area contributed by atoms with Crippen molar-refractivity contribution in [1.82, 2.24) is 0 Å². The summed E-state index contributed by atoms with van der Waals surface area (Å²) in [4.78, 5) is 15.8. The molecule has 2 N–H and O–H groups in total. The molecule has 0 heterocycles. The van der Waals surface area contributed by atoms with Gasteiger partial charge in [0.25, 0.3) is 0 Å². The summed E-state index contributed by atoms with van der Waals surface area (Å²) in [7, 11) is 0. The number of rotatable bonds is 3. The van der Waals surface area contributed by atoms with Gasteiger partial charge in [-0.2, -0.15) is 0 Å². The number of hydrogen-bond acceptors (Lipinski definition) is 3. The van der Waals surface area contributed by atoms with E-state index >= 15 is 0 Å². The van der Waals surface area contributed by atoms with Gasteiger partial charge in [-0.25, -0.2) is 4.79 Å². The lowest BCUT2D eigenvalue weighted by Gasteiger charge is -2.27. The first-order valence-corrected chi connectivity index (χ1v) is 8.69. The lowest BCUT2D eigenvalue weighted by atomic mass is 9.79. The summed E-state index contributed by atoms with van der Waals surface area (Å²) in [6.45, 7) is 18.0. The van der Waals surface area contributed by atoms with Gasteiger partial charge in [-0.3, -0.25) is 4.99 Å². The largest absolute Gasteiger partial charge is 0.507 e. The van der Waals surface area contributed by atoms with Gasteiger partial charge in [0.15, 0.2) is 6.04 Å². The number of phenols is 1. The summed E-state index contributed by atoms with van der Waals surface area (Å²) in [5.74, 6) is -0.798. The van der Waals surface area contributed by atoms with E-state index in [1.807, 2.05) is 53.7 Å². The van der Waals surface area contributed by atoms with Crippen LogP contribution in [0.25, 0.3) is 0 Å². The zero-order valence-electron chi connectivity index (χ0n) is 17.1. The van der Waals surface area contributed by atoms with E-state index in [0.29, 0.717) is 5.56 Å². The van der Waals surface area contributed by atoms with E-state index in [0.717, 1.165) is 11.1 Å². The Kier molecular flexibility index (Phi) is 5.78. The maximum Gasteiger partial charge on any atom is 0.328 e. The Balaban J connectivity index is 3.54. The van der Waals surface area contributed by atoms with Crippen LogP contribution in [0.1, 0.15) is 79.0 Å². The molecule has 1 atom stereocenters. The highest BCUT2D eigenvalue weighted by Gasteiger charge is 2.30. The number of phenolic OH excluding ortho intramolecular Hbond substituents is 1. The highest BCUT2D eigenvalue weighted by molar-refractivity contribution is 5.87. The van der Waals surface area contributed by atoms with Gasteiger partial charge < -0.3 is 10.2 Å². The van der Waals surface area contributed by atoms with Crippen molar-refractivity contribution < 1.29 is 15.0 Å². The Morgan fingerprint density at radius 3 is 1.88 bits per heavy atom. The molecule has 0 radical (unpaired) electrons. The number of carbonyl (C=O) groups is 1.